The molecule has 0 aliphatic carbocycles. The number of hydrogen-bond acceptors (Lipinski definition) is 7. The van der Waals surface area contributed by atoms with Crippen LogP contribution in [-0.2, 0) is 19.1 Å². The van der Waals surface area contributed by atoms with Gasteiger partial charge in [0.15, 0.2) is 0 Å². The zero-order valence-electron chi connectivity index (χ0n) is 22.3. The summed E-state index contributed by atoms with van der Waals surface area (Å²) in [6.45, 7) is 8.94. The van der Waals surface area contributed by atoms with Crippen molar-refractivity contribution in [1.29, 1.82) is 0 Å². The van der Waals surface area contributed by atoms with Crippen LogP contribution in [0.2, 0.25) is 0 Å². The van der Waals surface area contributed by atoms with Gasteiger partial charge in [0.1, 0.15) is 12.6 Å². The first-order valence-corrected chi connectivity index (χ1v) is 14.4. The van der Waals surface area contributed by atoms with Gasteiger partial charge >= 0.3 is 5.97 Å². The summed E-state index contributed by atoms with van der Waals surface area (Å²) in [6, 6.07) is 7.25. The normalized spacial score (nSPS) is 32.0. The van der Waals surface area contributed by atoms with Gasteiger partial charge < -0.3 is 24.5 Å². The molecule has 0 bridgehead atoms. The lowest BCUT2D eigenvalue weighted by Crippen LogP contribution is -2.53. The minimum absolute atomic E-state index is 0.0205. The van der Waals surface area contributed by atoms with Crippen LogP contribution in [0.5, 0.6) is 0 Å². The second-order valence-corrected chi connectivity index (χ2v) is 12.3. The topological polar surface area (TPSA) is 90.4 Å². The first kappa shape index (κ1) is 26.8. The molecule has 1 aromatic rings. The number of aliphatic hydroxyl groups is 1. The number of amides is 2. The summed E-state index contributed by atoms with van der Waals surface area (Å²) in [6.07, 6.45) is 8.92. The Kier molecular flexibility index (Phi) is 7.35. The van der Waals surface area contributed by atoms with Crippen LogP contribution in [0.15, 0.2) is 48.6 Å². The number of ether oxygens (including phenoxy) is 1. The Morgan fingerprint density at radius 3 is 2.45 bits per heavy atom. The maximum atomic E-state index is 14.4. The van der Waals surface area contributed by atoms with Gasteiger partial charge in [0.25, 0.3) is 5.91 Å². The minimum Gasteiger partial charge on any atom is -0.461 e. The number of carbonyl (C=O) groups excluding carboxylic acids is 3. The number of anilines is 2. The number of benzene rings is 1. The fraction of sp³-hybridized carbons (Fsp3) is 0.552. The molecule has 8 nitrogen and oxygen atoms in total. The SMILES string of the molecule is CCN(CC)c1ccc(N2CC=C[C@]34S[C@]5(C)C=CCOC(=O)[C@@H]5[C@H]3C(=O)N(CCCCO)C4C2=O)cc1. The number of thioether (sulfide) groups is 1. The zero-order chi connectivity index (χ0) is 27.1. The molecule has 2 saturated heterocycles. The number of rotatable bonds is 8. The average Bonchev–Trinajstić information content (AvgIpc) is 3.15. The highest BCUT2D eigenvalue weighted by Crippen LogP contribution is 2.65. The van der Waals surface area contributed by atoms with Gasteiger partial charge in [-0.3, -0.25) is 14.4 Å². The number of carbonyl (C=O) groups is 3. The Hall–Kier alpha value is -2.78. The molecule has 38 heavy (non-hydrogen) atoms. The van der Waals surface area contributed by atoms with E-state index in [-0.39, 0.29) is 31.0 Å². The third-order valence-corrected chi connectivity index (χ3v) is 10.2. The second kappa shape index (κ2) is 10.4. The lowest BCUT2D eigenvalue weighted by Gasteiger charge is -2.36. The van der Waals surface area contributed by atoms with Gasteiger partial charge in [-0.05, 0) is 64.0 Å². The van der Waals surface area contributed by atoms with Crippen molar-refractivity contribution >= 4 is 40.9 Å². The Morgan fingerprint density at radius 2 is 1.76 bits per heavy atom. The van der Waals surface area contributed by atoms with Gasteiger partial charge in [0.2, 0.25) is 5.91 Å². The first-order chi connectivity index (χ1) is 18.3. The van der Waals surface area contributed by atoms with Crippen LogP contribution in [0.1, 0.15) is 33.6 Å². The third kappa shape index (κ3) is 4.14. The molecular weight excluding hydrogens is 502 g/mol. The zero-order valence-corrected chi connectivity index (χ0v) is 23.2. The molecule has 4 heterocycles. The van der Waals surface area contributed by atoms with E-state index in [0.29, 0.717) is 25.9 Å². The fourth-order valence-electron chi connectivity index (χ4n) is 6.65. The van der Waals surface area contributed by atoms with Gasteiger partial charge in [-0.1, -0.05) is 18.2 Å². The molecule has 0 saturated carbocycles. The lowest BCUT2D eigenvalue weighted by atomic mass is 9.75. The summed E-state index contributed by atoms with van der Waals surface area (Å²) >= 11 is 1.55. The maximum absolute atomic E-state index is 14.4. The molecule has 2 fully saturated rings. The van der Waals surface area contributed by atoms with Crippen molar-refractivity contribution in [3.05, 3.63) is 48.6 Å². The van der Waals surface area contributed by atoms with Crippen LogP contribution in [0.25, 0.3) is 0 Å². The van der Waals surface area contributed by atoms with Crippen molar-refractivity contribution in [2.24, 2.45) is 11.8 Å². The molecule has 4 aliphatic heterocycles. The second-order valence-electron chi connectivity index (χ2n) is 10.5. The van der Waals surface area contributed by atoms with Crippen molar-refractivity contribution in [1.82, 2.24) is 4.90 Å². The van der Waals surface area contributed by atoms with E-state index in [9.17, 15) is 19.5 Å². The monoisotopic (exact) mass is 539 g/mol. The summed E-state index contributed by atoms with van der Waals surface area (Å²) < 4.78 is 3.94. The molecule has 1 N–H and O–H groups in total. The predicted molar refractivity (Wildman–Crippen MR) is 149 cm³/mol. The predicted octanol–water partition coefficient (Wildman–Crippen LogP) is 3.01. The van der Waals surface area contributed by atoms with Crippen LogP contribution in [0.4, 0.5) is 11.4 Å². The standard InChI is InChI=1S/C29H37N3O5S/c1-4-30(5-2)20-10-12-21(13-11-20)31-17-8-15-29-22(23-27(36)37-19-9-14-28(23,3)38-29)25(34)32(16-6-7-18-33)24(29)26(31)35/h8-15,22-24,33H,4-7,16-19H2,1-3H3/t22-,23-,24?,28+,29-/m0/s1. The number of cyclic esters (lactones) is 1. The van der Waals surface area contributed by atoms with Crippen molar-refractivity contribution in [3.8, 4) is 0 Å². The van der Waals surface area contributed by atoms with Gasteiger partial charge in [0, 0.05) is 48.9 Å². The average molecular weight is 540 g/mol. The molecule has 1 aromatic carbocycles. The van der Waals surface area contributed by atoms with Crippen LogP contribution in [0.3, 0.4) is 0 Å². The summed E-state index contributed by atoms with van der Waals surface area (Å²) in [4.78, 5) is 47.4. The smallest absolute Gasteiger partial charge is 0.311 e. The van der Waals surface area contributed by atoms with Gasteiger partial charge in [0.05, 0.1) is 16.6 Å². The number of aliphatic hydroxyl groups excluding tert-OH is 1. The van der Waals surface area contributed by atoms with E-state index in [2.05, 4.69) is 18.7 Å². The van der Waals surface area contributed by atoms with Crippen LogP contribution >= 0.6 is 11.8 Å². The summed E-state index contributed by atoms with van der Waals surface area (Å²) in [7, 11) is 0. The largest absolute Gasteiger partial charge is 0.461 e. The highest BCUT2D eigenvalue weighted by Gasteiger charge is 2.74. The number of hydrogen-bond donors (Lipinski definition) is 1. The Morgan fingerprint density at radius 1 is 1.03 bits per heavy atom. The van der Waals surface area contributed by atoms with Crippen LogP contribution in [-0.4, -0.2) is 82.7 Å². The molecule has 4 aliphatic rings. The fourth-order valence-corrected chi connectivity index (χ4v) is 8.81. The summed E-state index contributed by atoms with van der Waals surface area (Å²) in [5.41, 5.74) is 1.88. The molecule has 0 radical (unpaired) electrons. The number of unbranched alkanes of at least 4 members (excludes halogenated alkanes) is 1. The van der Waals surface area contributed by atoms with Crippen molar-refractivity contribution in [2.75, 3.05) is 49.2 Å². The van der Waals surface area contributed by atoms with E-state index in [0.717, 1.165) is 24.5 Å². The first-order valence-electron chi connectivity index (χ1n) is 13.6. The minimum atomic E-state index is -0.886. The van der Waals surface area contributed by atoms with Crippen LogP contribution < -0.4 is 9.80 Å². The van der Waals surface area contributed by atoms with Gasteiger partial charge in [-0.25, -0.2) is 0 Å². The molecule has 0 aromatic heterocycles. The Balaban J connectivity index is 1.55. The van der Waals surface area contributed by atoms with Crippen molar-refractivity contribution < 1.29 is 24.2 Å². The molecule has 204 valence electrons. The van der Waals surface area contributed by atoms with E-state index in [1.807, 2.05) is 55.5 Å². The number of nitrogens with zero attached hydrogens (tertiary/aromatic N) is 3. The molecular formula is C29H37N3O5S. The highest BCUT2D eigenvalue weighted by molar-refractivity contribution is 8.02. The van der Waals surface area contributed by atoms with E-state index in [1.54, 1.807) is 21.6 Å². The molecule has 5 atom stereocenters. The summed E-state index contributed by atoms with van der Waals surface area (Å²) in [5, 5.41) is 9.37. The van der Waals surface area contributed by atoms with Gasteiger partial charge in [-0.2, -0.15) is 0 Å². The van der Waals surface area contributed by atoms with E-state index >= 15 is 0 Å². The van der Waals surface area contributed by atoms with E-state index < -0.39 is 27.4 Å². The van der Waals surface area contributed by atoms with E-state index in [4.69, 9.17) is 4.74 Å². The molecule has 9 heteroatoms. The Bertz CT molecular complexity index is 1150. The molecule has 1 spiro atoms. The van der Waals surface area contributed by atoms with E-state index in [1.165, 1.54) is 0 Å². The number of esters is 1. The molecule has 1 unspecified atom stereocenters. The van der Waals surface area contributed by atoms with Gasteiger partial charge in [-0.15, -0.1) is 11.8 Å². The molecule has 2 amide bonds. The molecule has 5 rings (SSSR count). The maximum Gasteiger partial charge on any atom is 0.311 e. The number of fused-ring (bicyclic) bond motifs is 2. The van der Waals surface area contributed by atoms with Crippen molar-refractivity contribution in [2.45, 2.75) is 49.1 Å². The third-order valence-electron chi connectivity index (χ3n) is 8.41. The number of likely N-dealkylation sites (tertiary alicyclic amines) is 1. The lowest BCUT2D eigenvalue weighted by molar-refractivity contribution is -0.152. The Labute approximate surface area is 228 Å². The quantitative estimate of drug-likeness (QED) is 0.309. The van der Waals surface area contributed by atoms with Crippen molar-refractivity contribution in [3.63, 3.8) is 0 Å². The summed E-state index contributed by atoms with van der Waals surface area (Å²) in [5.74, 6) is -2.09. The highest BCUT2D eigenvalue weighted by atomic mass is 32.2. The van der Waals surface area contributed by atoms with Crippen LogP contribution in [0, 0.1) is 11.8 Å².